The number of hydrogen-bond acceptors (Lipinski definition) is 3. The third kappa shape index (κ3) is 9.13. The summed E-state index contributed by atoms with van der Waals surface area (Å²) in [6, 6.07) is 1.08. The lowest BCUT2D eigenvalue weighted by molar-refractivity contribution is 0.0590. The van der Waals surface area contributed by atoms with Gasteiger partial charge in [0, 0.05) is 19.2 Å². The number of hydrogen-bond donors (Lipinski definition) is 1. The minimum Gasteiger partial charge on any atom is -0.382 e. The van der Waals surface area contributed by atoms with Crippen molar-refractivity contribution in [2.24, 2.45) is 0 Å². The van der Waals surface area contributed by atoms with Gasteiger partial charge in [-0.3, -0.25) is 0 Å². The Morgan fingerprint density at radius 1 is 1.06 bits per heavy atom. The predicted molar refractivity (Wildman–Crippen MR) is 68.9 cm³/mol. The van der Waals surface area contributed by atoms with E-state index in [1.165, 1.54) is 25.7 Å². The van der Waals surface area contributed by atoms with Gasteiger partial charge in [-0.15, -0.1) is 0 Å². The molecule has 0 heterocycles. The highest BCUT2D eigenvalue weighted by Gasteiger charge is 2.10. The summed E-state index contributed by atoms with van der Waals surface area (Å²) in [5.74, 6) is 0. The molecule has 0 bridgehead atoms. The topological polar surface area (TPSA) is 30.5 Å². The van der Waals surface area contributed by atoms with Crippen molar-refractivity contribution in [1.29, 1.82) is 0 Å². The van der Waals surface area contributed by atoms with Gasteiger partial charge in [0.25, 0.3) is 0 Å². The molecule has 0 radical (unpaired) electrons. The summed E-state index contributed by atoms with van der Waals surface area (Å²) in [6.07, 6.45) is 5.01. The predicted octanol–water partition coefficient (Wildman–Crippen LogP) is 2.60. The van der Waals surface area contributed by atoms with Crippen LogP contribution in [0.3, 0.4) is 0 Å². The Kier molecular flexibility index (Phi) is 11.3. The number of nitrogens with one attached hydrogen (secondary N) is 1. The van der Waals surface area contributed by atoms with Gasteiger partial charge in [0.15, 0.2) is 0 Å². The van der Waals surface area contributed by atoms with E-state index in [1.54, 1.807) is 7.11 Å². The third-order valence-corrected chi connectivity index (χ3v) is 2.59. The number of rotatable bonds is 11. The monoisotopic (exact) mass is 231 g/mol. The van der Waals surface area contributed by atoms with E-state index in [1.807, 2.05) is 0 Å². The molecular weight excluding hydrogens is 202 g/mol. The summed E-state index contributed by atoms with van der Waals surface area (Å²) >= 11 is 0. The average molecular weight is 231 g/mol. The molecular formula is C13H29NO2. The van der Waals surface area contributed by atoms with Gasteiger partial charge in [-0.1, -0.05) is 26.7 Å². The molecule has 0 saturated heterocycles. The molecule has 98 valence electrons. The van der Waals surface area contributed by atoms with Gasteiger partial charge in [0.05, 0.1) is 19.8 Å². The zero-order valence-electron chi connectivity index (χ0n) is 11.4. The molecule has 0 spiro atoms. The summed E-state index contributed by atoms with van der Waals surface area (Å²) in [4.78, 5) is 0. The van der Waals surface area contributed by atoms with Gasteiger partial charge >= 0.3 is 0 Å². The summed E-state index contributed by atoms with van der Waals surface area (Å²) in [5, 5.41) is 3.63. The normalized spacial score (nSPS) is 13.3. The van der Waals surface area contributed by atoms with E-state index >= 15 is 0 Å². The summed E-state index contributed by atoms with van der Waals surface area (Å²) in [6.45, 7) is 8.81. The maximum Gasteiger partial charge on any atom is 0.0701 e. The molecule has 0 aromatic carbocycles. The summed E-state index contributed by atoms with van der Waals surface area (Å²) < 4.78 is 10.4. The first-order chi connectivity index (χ1) is 7.74. The Balaban J connectivity index is 3.59. The van der Waals surface area contributed by atoms with Crippen molar-refractivity contribution in [3.8, 4) is 0 Å². The Morgan fingerprint density at radius 2 is 1.69 bits per heavy atom. The molecule has 0 aliphatic carbocycles. The zero-order chi connectivity index (χ0) is 12.2. The third-order valence-electron chi connectivity index (χ3n) is 2.59. The van der Waals surface area contributed by atoms with Crippen LogP contribution >= 0.6 is 0 Å². The van der Waals surface area contributed by atoms with Crippen molar-refractivity contribution >= 4 is 0 Å². The van der Waals surface area contributed by atoms with Crippen molar-refractivity contribution in [3.63, 3.8) is 0 Å². The van der Waals surface area contributed by atoms with Crippen LogP contribution in [0.1, 0.15) is 46.5 Å². The highest BCUT2D eigenvalue weighted by molar-refractivity contribution is 4.70. The Morgan fingerprint density at radius 3 is 2.19 bits per heavy atom. The van der Waals surface area contributed by atoms with Crippen molar-refractivity contribution < 1.29 is 9.47 Å². The highest BCUT2D eigenvalue weighted by atomic mass is 16.5. The quantitative estimate of drug-likeness (QED) is 0.554. The van der Waals surface area contributed by atoms with Crippen LogP contribution < -0.4 is 5.32 Å². The number of methoxy groups -OCH3 is 1. The van der Waals surface area contributed by atoms with Crippen LogP contribution in [0, 0.1) is 0 Å². The van der Waals surface area contributed by atoms with Gasteiger partial charge < -0.3 is 14.8 Å². The lowest BCUT2D eigenvalue weighted by Gasteiger charge is -2.22. The number of ether oxygens (including phenoxy) is 2. The van der Waals surface area contributed by atoms with Crippen molar-refractivity contribution in [3.05, 3.63) is 0 Å². The Bertz CT molecular complexity index is 136. The van der Waals surface area contributed by atoms with Crippen LogP contribution in [-0.4, -0.2) is 39.0 Å². The Labute approximate surface area is 101 Å². The lowest BCUT2D eigenvalue weighted by Crippen LogP contribution is -2.39. The second kappa shape index (κ2) is 11.4. The molecule has 3 heteroatoms. The Hall–Kier alpha value is -0.120. The van der Waals surface area contributed by atoms with E-state index in [4.69, 9.17) is 9.47 Å². The minimum absolute atomic E-state index is 0.431. The van der Waals surface area contributed by atoms with Crippen LogP contribution in [0.4, 0.5) is 0 Å². The fraction of sp³-hybridized carbons (Fsp3) is 1.00. The molecule has 0 saturated carbocycles. The molecule has 3 nitrogen and oxygen atoms in total. The molecule has 0 aromatic rings. The van der Waals surface area contributed by atoms with Gasteiger partial charge in [-0.2, -0.15) is 0 Å². The van der Waals surface area contributed by atoms with E-state index in [0.717, 1.165) is 6.61 Å². The first-order valence-electron chi connectivity index (χ1n) is 6.57. The smallest absolute Gasteiger partial charge is 0.0701 e. The van der Waals surface area contributed by atoms with Crippen molar-refractivity contribution in [2.75, 3.05) is 26.9 Å². The second-order valence-electron chi connectivity index (χ2n) is 4.41. The van der Waals surface area contributed by atoms with Crippen LogP contribution in [-0.2, 0) is 9.47 Å². The minimum atomic E-state index is 0.431. The molecule has 0 fully saturated rings. The first kappa shape index (κ1) is 15.9. The molecule has 1 atom stereocenters. The lowest BCUT2D eigenvalue weighted by atomic mass is 10.1. The van der Waals surface area contributed by atoms with E-state index in [-0.39, 0.29) is 0 Å². The maximum absolute atomic E-state index is 5.51. The highest BCUT2D eigenvalue weighted by Crippen LogP contribution is 2.05. The molecule has 1 unspecified atom stereocenters. The molecule has 16 heavy (non-hydrogen) atoms. The molecule has 0 aromatic heterocycles. The fourth-order valence-corrected chi connectivity index (χ4v) is 1.86. The zero-order valence-corrected chi connectivity index (χ0v) is 11.4. The van der Waals surface area contributed by atoms with Crippen LogP contribution in [0.5, 0.6) is 0 Å². The van der Waals surface area contributed by atoms with E-state index < -0.39 is 0 Å². The van der Waals surface area contributed by atoms with E-state index in [2.05, 4.69) is 26.1 Å². The van der Waals surface area contributed by atoms with Gasteiger partial charge in [0.1, 0.15) is 0 Å². The standard InChI is InChI=1S/C13H29NO2/c1-5-7-13(8-6-2)14-12(3)11-16-10-9-15-4/h12-14H,5-11H2,1-4H3. The average Bonchev–Trinajstić information content (AvgIpc) is 2.25. The van der Waals surface area contributed by atoms with Gasteiger partial charge in [-0.25, -0.2) is 0 Å². The molecule has 0 aliphatic heterocycles. The van der Waals surface area contributed by atoms with Crippen LogP contribution in [0.2, 0.25) is 0 Å². The summed E-state index contributed by atoms with van der Waals surface area (Å²) in [5.41, 5.74) is 0. The van der Waals surface area contributed by atoms with Gasteiger partial charge in [-0.05, 0) is 19.8 Å². The largest absolute Gasteiger partial charge is 0.382 e. The molecule has 0 rings (SSSR count). The second-order valence-corrected chi connectivity index (χ2v) is 4.41. The summed E-state index contributed by atoms with van der Waals surface area (Å²) in [7, 11) is 1.70. The van der Waals surface area contributed by atoms with Gasteiger partial charge in [0.2, 0.25) is 0 Å². The van der Waals surface area contributed by atoms with Crippen molar-refractivity contribution in [2.45, 2.75) is 58.5 Å². The SMILES string of the molecule is CCCC(CCC)NC(C)COCCOC. The van der Waals surface area contributed by atoms with Crippen LogP contribution in [0.25, 0.3) is 0 Å². The fourth-order valence-electron chi connectivity index (χ4n) is 1.86. The molecule has 0 aliphatic rings. The van der Waals surface area contributed by atoms with E-state index in [9.17, 15) is 0 Å². The van der Waals surface area contributed by atoms with Crippen LogP contribution in [0.15, 0.2) is 0 Å². The van der Waals surface area contributed by atoms with Crippen molar-refractivity contribution in [1.82, 2.24) is 5.32 Å². The molecule has 0 amide bonds. The van der Waals surface area contributed by atoms with E-state index in [0.29, 0.717) is 25.3 Å². The maximum atomic E-state index is 5.51. The molecule has 1 N–H and O–H groups in total. The first-order valence-corrected chi connectivity index (χ1v) is 6.57.